The van der Waals surface area contributed by atoms with Crippen LogP contribution in [0.25, 0.3) is 10.9 Å². The third kappa shape index (κ3) is 3.82. The molecule has 9 heteroatoms. The molecule has 1 amide bonds. The van der Waals surface area contributed by atoms with Gasteiger partial charge in [0, 0.05) is 45.3 Å². The molecular formula is C24H28N6O3. The highest BCUT2D eigenvalue weighted by molar-refractivity contribution is 5.92. The van der Waals surface area contributed by atoms with Crippen molar-refractivity contribution in [3.8, 4) is 0 Å². The molecule has 2 N–H and O–H groups in total. The van der Waals surface area contributed by atoms with Crippen LogP contribution in [0.3, 0.4) is 0 Å². The smallest absolute Gasteiger partial charge is 0.328 e. The molecule has 0 radical (unpaired) electrons. The number of carbonyl (C=O) groups excluding carboxylic acids is 1. The molecular weight excluding hydrogens is 420 g/mol. The van der Waals surface area contributed by atoms with Gasteiger partial charge in [0.2, 0.25) is 0 Å². The third-order valence-corrected chi connectivity index (χ3v) is 6.93. The van der Waals surface area contributed by atoms with Crippen molar-refractivity contribution >= 4 is 22.5 Å². The van der Waals surface area contributed by atoms with Crippen LogP contribution in [0.5, 0.6) is 0 Å². The van der Waals surface area contributed by atoms with Gasteiger partial charge < -0.3 is 15.2 Å². The molecule has 1 saturated heterocycles. The fraction of sp³-hybridized carbons (Fsp3) is 0.417. The molecule has 5 rings (SSSR count). The molecule has 0 bridgehead atoms. The van der Waals surface area contributed by atoms with Gasteiger partial charge in [-0.2, -0.15) is 0 Å². The number of rotatable bonds is 5. The number of nitrogens with one attached hydrogen (secondary N) is 2. The van der Waals surface area contributed by atoms with Crippen molar-refractivity contribution in [2.24, 2.45) is 0 Å². The quantitative estimate of drug-likeness (QED) is 0.610. The lowest BCUT2D eigenvalue weighted by atomic mass is 10.1. The molecule has 1 aliphatic carbocycles. The first-order chi connectivity index (χ1) is 15.9. The molecule has 9 nitrogen and oxygen atoms in total. The molecule has 1 aromatic carbocycles. The van der Waals surface area contributed by atoms with E-state index in [4.69, 9.17) is 0 Å². The van der Waals surface area contributed by atoms with Crippen molar-refractivity contribution in [3.63, 3.8) is 0 Å². The van der Waals surface area contributed by atoms with E-state index in [2.05, 4.69) is 25.1 Å². The Morgan fingerprint density at radius 2 is 2.00 bits per heavy atom. The van der Waals surface area contributed by atoms with Crippen molar-refractivity contribution < 1.29 is 4.79 Å². The molecule has 33 heavy (non-hydrogen) atoms. The van der Waals surface area contributed by atoms with Gasteiger partial charge in [-0.1, -0.05) is 6.07 Å². The first-order valence-corrected chi connectivity index (χ1v) is 11.4. The van der Waals surface area contributed by atoms with Crippen LogP contribution in [0.15, 0.2) is 46.1 Å². The second-order valence-electron chi connectivity index (χ2n) is 8.91. The zero-order valence-corrected chi connectivity index (χ0v) is 18.9. The summed E-state index contributed by atoms with van der Waals surface area (Å²) in [5.41, 5.74) is 2.65. The van der Waals surface area contributed by atoms with Crippen LogP contribution in [-0.2, 0) is 13.1 Å². The SMILES string of the molecule is CCn1c(=O)[nH]c2cc(CN3CCN(c4ccc(C(=O)NC)nc4)CC34CC4)ccc2c1=O. The number of hydrogen-bond acceptors (Lipinski definition) is 6. The van der Waals surface area contributed by atoms with Gasteiger partial charge in [0.25, 0.3) is 11.5 Å². The number of H-pyrrole nitrogens is 1. The Labute approximate surface area is 191 Å². The summed E-state index contributed by atoms with van der Waals surface area (Å²) in [7, 11) is 1.60. The van der Waals surface area contributed by atoms with Crippen LogP contribution in [0.4, 0.5) is 5.69 Å². The zero-order chi connectivity index (χ0) is 23.2. The lowest BCUT2D eigenvalue weighted by Gasteiger charge is -2.43. The minimum atomic E-state index is -0.365. The van der Waals surface area contributed by atoms with Crippen molar-refractivity contribution in [3.05, 3.63) is 68.6 Å². The molecule has 3 aromatic rings. The number of fused-ring (bicyclic) bond motifs is 1. The maximum atomic E-state index is 12.5. The molecule has 1 saturated carbocycles. The Hall–Kier alpha value is -3.46. The van der Waals surface area contributed by atoms with Crippen molar-refractivity contribution in [2.75, 3.05) is 31.6 Å². The first kappa shape index (κ1) is 21.4. The van der Waals surface area contributed by atoms with E-state index < -0.39 is 0 Å². The number of piperazine rings is 1. The Bertz CT molecular complexity index is 1320. The van der Waals surface area contributed by atoms with Crippen molar-refractivity contribution in [1.82, 2.24) is 24.8 Å². The molecule has 172 valence electrons. The second-order valence-corrected chi connectivity index (χ2v) is 8.91. The van der Waals surface area contributed by atoms with Crippen LogP contribution in [0.1, 0.15) is 35.8 Å². The number of anilines is 1. The van der Waals surface area contributed by atoms with Gasteiger partial charge in [-0.3, -0.25) is 19.1 Å². The van der Waals surface area contributed by atoms with Crippen LogP contribution in [0, 0.1) is 0 Å². The average molecular weight is 449 g/mol. The van der Waals surface area contributed by atoms with E-state index in [9.17, 15) is 14.4 Å². The topological polar surface area (TPSA) is 103 Å². The predicted octanol–water partition coefficient (Wildman–Crippen LogP) is 1.32. The van der Waals surface area contributed by atoms with Gasteiger partial charge in [0.1, 0.15) is 5.69 Å². The maximum Gasteiger partial charge on any atom is 0.328 e. The summed E-state index contributed by atoms with van der Waals surface area (Å²) in [5.74, 6) is -0.185. The van der Waals surface area contributed by atoms with Crippen LogP contribution in [0.2, 0.25) is 0 Å². The Morgan fingerprint density at radius 1 is 1.18 bits per heavy atom. The van der Waals surface area contributed by atoms with Gasteiger partial charge in [-0.15, -0.1) is 0 Å². The number of amides is 1. The highest BCUT2D eigenvalue weighted by Gasteiger charge is 2.51. The lowest BCUT2D eigenvalue weighted by Crippen LogP contribution is -2.54. The van der Waals surface area contributed by atoms with Crippen molar-refractivity contribution in [1.29, 1.82) is 0 Å². The van der Waals surface area contributed by atoms with E-state index in [1.54, 1.807) is 26.2 Å². The standard InChI is InChI=1S/C24H28N6O3/c1-3-30-22(32)18-6-4-16(12-20(18)27-23(30)33)14-29-11-10-28(15-24(29)8-9-24)17-5-7-19(26-13-17)21(31)25-2/h4-7,12-13H,3,8-11,14-15H2,1-2H3,(H,25,31)(H,27,33). The molecule has 1 spiro atoms. The number of carbonyl (C=O) groups is 1. The summed E-state index contributed by atoms with van der Waals surface area (Å²) < 4.78 is 1.22. The number of aromatic nitrogens is 3. The normalized spacial score (nSPS) is 17.5. The number of aromatic amines is 1. The molecule has 2 aliphatic rings. The molecule has 3 heterocycles. The van der Waals surface area contributed by atoms with Crippen LogP contribution >= 0.6 is 0 Å². The number of hydrogen-bond donors (Lipinski definition) is 2. The van der Waals surface area contributed by atoms with Gasteiger partial charge in [0.05, 0.1) is 22.8 Å². The minimum absolute atomic E-state index is 0.131. The summed E-state index contributed by atoms with van der Waals surface area (Å²) in [5, 5.41) is 3.14. The number of benzene rings is 1. The highest BCUT2D eigenvalue weighted by Crippen LogP contribution is 2.45. The van der Waals surface area contributed by atoms with Crippen LogP contribution in [-0.4, -0.2) is 57.6 Å². The number of pyridine rings is 1. The van der Waals surface area contributed by atoms with E-state index in [1.165, 1.54) is 4.57 Å². The van der Waals surface area contributed by atoms with E-state index in [-0.39, 0.29) is 22.7 Å². The molecule has 1 aliphatic heterocycles. The second kappa shape index (κ2) is 8.15. The van der Waals surface area contributed by atoms with E-state index in [0.717, 1.165) is 50.3 Å². The molecule has 0 atom stereocenters. The molecule has 2 aromatic heterocycles. The van der Waals surface area contributed by atoms with E-state index in [1.807, 2.05) is 24.3 Å². The fourth-order valence-electron chi connectivity index (χ4n) is 4.84. The van der Waals surface area contributed by atoms with Crippen molar-refractivity contribution in [2.45, 2.75) is 38.4 Å². The predicted molar refractivity (Wildman–Crippen MR) is 127 cm³/mol. The first-order valence-electron chi connectivity index (χ1n) is 11.4. The molecule has 0 unspecified atom stereocenters. The van der Waals surface area contributed by atoms with Gasteiger partial charge in [-0.05, 0) is 49.6 Å². The Morgan fingerprint density at radius 3 is 2.67 bits per heavy atom. The summed E-state index contributed by atoms with van der Waals surface area (Å²) >= 11 is 0. The summed E-state index contributed by atoms with van der Waals surface area (Å²) in [6.45, 7) is 5.61. The van der Waals surface area contributed by atoms with Gasteiger partial charge >= 0.3 is 5.69 Å². The number of nitrogens with zero attached hydrogens (tertiary/aromatic N) is 4. The molecule has 2 fully saturated rings. The minimum Gasteiger partial charge on any atom is -0.367 e. The monoisotopic (exact) mass is 448 g/mol. The van der Waals surface area contributed by atoms with E-state index >= 15 is 0 Å². The Kier molecular flexibility index (Phi) is 5.28. The average Bonchev–Trinajstić information content (AvgIpc) is 3.60. The fourth-order valence-corrected chi connectivity index (χ4v) is 4.84. The maximum absolute atomic E-state index is 12.5. The summed E-state index contributed by atoms with van der Waals surface area (Å²) in [4.78, 5) is 48.5. The van der Waals surface area contributed by atoms with Gasteiger partial charge in [0.15, 0.2) is 0 Å². The van der Waals surface area contributed by atoms with E-state index in [0.29, 0.717) is 23.1 Å². The van der Waals surface area contributed by atoms with Crippen LogP contribution < -0.4 is 21.5 Å². The van der Waals surface area contributed by atoms with Gasteiger partial charge in [-0.25, -0.2) is 9.78 Å². The summed E-state index contributed by atoms with van der Waals surface area (Å²) in [6.07, 6.45) is 4.05. The zero-order valence-electron chi connectivity index (χ0n) is 18.9. The summed E-state index contributed by atoms with van der Waals surface area (Å²) in [6, 6.07) is 9.48. The Balaban J connectivity index is 1.33. The lowest BCUT2D eigenvalue weighted by molar-refractivity contribution is 0.0958. The largest absolute Gasteiger partial charge is 0.367 e. The highest BCUT2D eigenvalue weighted by atomic mass is 16.2. The third-order valence-electron chi connectivity index (χ3n) is 6.93.